The Kier molecular flexibility index (Phi) is 7.94. The van der Waals surface area contributed by atoms with Gasteiger partial charge < -0.3 is 5.73 Å². The molecule has 0 aliphatic rings. The van der Waals surface area contributed by atoms with Gasteiger partial charge in [-0.1, -0.05) is 36.7 Å². The van der Waals surface area contributed by atoms with Crippen LogP contribution in [-0.4, -0.2) is 27.3 Å². The number of benzene rings is 1. The van der Waals surface area contributed by atoms with Gasteiger partial charge in [0.05, 0.1) is 5.69 Å². The topological polar surface area (TPSA) is 93.8 Å². The fourth-order valence-electron chi connectivity index (χ4n) is 1.52. The number of thioether (sulfide) groups is 1. The highest BCUT2D eigenvalue weighted by molar-refractivity contribution is 7.98. The van der Waals surface area contributed by atoms with E-state index in [0.717, 1.165) is 11.1 Å². The summed E-state index contributed by atoms with van der Waals surface area (Å²) in [5.41, 5.74) is 4.44. The van der Waals surface area contributed by atoms with E-state index >= 15 is 0 Å². The van der Waals surface area contributed by atoms with Crippen LogP contribution in [0, 0.1) is 0 Å². The minimum absolute atomic E-state index is 0.296. The van der Waals surface area contributed by atoms with Crippen LogP contribution in [0.2, 0.25) is 5.02 Å². The van der Waals surface area contributed by atoms with Crippen molar-refractivity contribution in [3.63, 3.8) is 0 Å². The molecule has 0 aliphatic carbocycles. The zero-order valence-electron chi connectivity index (χ0n) is 12.5. The first-order valence-electron chi connectivity index (χ1n) is 6.76. The van der Waals surface area contributed by atoms with Crippen LogP contribution in [0.5, 0.6) is 0 Å². The van der Waals surface area contributed by atoms with Crippen molar-refractivity contribution in [2.24, 2.45) is 5.73 Å². The average molecular weight is 343 g/mol. The van der Waals surface area contributed by atoms with E-state index < -0.39 is 11.4 Å². The lowest BCUT2D eigenvalue weighted by atomic mass is 10.3. The van der Waals surface area contributed by atoms with Gasteiger partial charge in [0.1, 0.15) is 0 Å². The molecule has 1 aromatic carbocycles. The van der Waals surface area contributed by atoms with Crippen molar-refractivity contribution in [1.82, 2.24) is 14.5 Å². The summed E-state index contributed by atoms with van der Waals surface area (Å²) in [6.45, 7) is 2.98. The zero-order valence-corrected chi connectivity index (χ0v) is 14.1. The molecule has 0 radical (unpaired) electrons. The summed E-state index contributed by atoms with van der Waals surface area (Å²) in [4.78, 5) is 29.7. The molecule has 0 saturated heterocycles. The molecule has 0 aliphatic heterocycles. The number of aromatic nitrogens is 3. The molecule has 0 saturated carbocycles. The number of aromatic amines is 1. The largest absolute Gasteiger partial charge is 0.358 e. The molecule has 2 aromatic rings. The van der Waals surface area contributed by atoms with Gasteiger partial charge in [-0.2, -0.15) is 4.98 Å². The van der Waals surface area contributed by atoms with E-state index in [9.17, 15) is 9.59 Å². The second-order valence-electron chi connectivity index (χ2n) is 4.29. The number of nitrogens with two attached hydrogens (primary N) is 1. The first kappa shape index (κ1) is 18.5. The maximum Gasteiger partial charge on any atom is 0.358 e. The van der Waals surface area contributed by atoms with E-state index in [2.05, 4.69) is 16.9 Å². The van der Waals surface area contributed by atoms with Crippen molar-refractivity contribution >= 4 is 23.4 Å². The number of H-pyrrole nitrogens is 1. The van der Waals surface area contributed by atoms with Crippen molar-refractivity contribution in [2.75, 3.05) is 12.8 Å². The van der Waals surface area contributed by atoms with Gasteiger partial charge in [0.25, 0.3) is 0 Å². The smallest absolute Gasteiger partial charge is 0.330 e. The van der Waals surface area contributed by atoms with Crippen LogP contribution < -0.4 is 17.1 Å². The minimum atomic E-state index is -0.611. The molecule has 0 spiro atoms. The van der Waals surface area contributed by atoms with E-state index in [1.54, 1.807) is 30.5 Å². The van der Waals surface area contributed by atoms with Gasteiger partial charge in [-0.3, -0.25) is 4.98 Å². The molecule has 22 heavy (non-hydrogen) atoms. The molecule has 0 amide bonds. The van der Waals surface area contributed by atoms with Crippen molar-refractivity contribution < 1.29 is 0 Å². The van der Waals surface area contributed by atoms with Gasteiger partial charge in [0.15, 0.2) is 5.16 Å². The molecule has 120 valence electrons. The predicted octanol–water partition coefficient (Wildman–Crippen LogP) is 2.04. The quantitative estimate of drug-likeness (QED) is 0.829. The number of unbranched alkanes of at least 4 members (excludes halogenated alkanes) is 1. The Labute approximate surface area is 137 Å². The molecule has 1 heterocycles. The summed E-state index contributed by atoms with van der Waals surface area (Å²) >= 11 is 6.94. The monoisotopic (exact) mass is 342 g/mol. The van der Waals surface area contributed by atoms with Crippen LogP contribution in [0.25, 0.3) is 5.69 Å². The van der Waals surface area contributed by atoms with Gasteiger partial charge in [-0.15, -0.1) is 0 Å². The summed E-state index contributed by atoms with van der Waals surface area (Å²) < 4.78 is 0.954. The van der Waals surface area contributed by atoms with E-state index in [-0.39, 0.29) is 0 Å². The number of nitrogens with zero attached hydrogens (tertiary/aromatic N) is 2. The summed E-state index contributed by atoms with van der Waals surface area (Å²) in [6, 6.07) is 6.37. The molecule has 0 atom stereocenters. The zero-order chi connectivity index (χ0) is 16.5. The summed E-state index contributed by atoms with van der Waals surface area (Å²) in [7, 11) is 0. The highest BCUT2D eigenvalue weighted by Crippen LogP contribution is 2.10. The van der Waals surface area contributed by atoms with Crippen molar-refractivity contribution in [3.05, 3.63) is 50.3 Å². The first-order valence-corrected chi connectivity index (χ1v) is 8.37. The molecule has 6 nitrogen and oxygen atoms in total. The molecule has 0 fully saturated rings. The Bertz CT molecular complexity index is 664. The minimum Gasteiger partial charge on any atom is -0.330 e. The van der Waals surface area contributed by atoms with Crippen molar-refractivity contribution in [3.8, 4) is 5.69 Å². The Balaban J connectivity index is 0.000000422. The fraction of sp³-hybridized carbons (Fsp3) is 0.357. The Morgan fingerprint density at radius 2 is 1.95 bits per heavy atom. The average Bonchev–Trinajstić information content (AvgIpc) is 2.50. The van der Waals surface area contributed by atoms with Crippen LogP contribution in [0.15, 0.2) is 39.0 Å². The van der Waals surface area contributed by atoms with Crippen LogP contribution in [0.3, 0.4) is 0 Å². The molecule has 3 N–H and O–H groups in total. The Morgan fingerprint density at radius 1 is 1.32 bits per heavy atom. The number of halogens is 1. The van der Waals surface area contributed by atoms with E-state index in [1.165, 1.54) is 24.6 Å². The maximum absolute atomic E-state index is 11.7. The lowest BCUT2D eigenvalue weighted by Crippen LogP contribution is -2.35. The highest BCUT2D eigenvalue weighted by atomic mass is 35.5. The number of rotatable bonds is 4. The van der Waals surface area contributed by atoms with Crippen LogP contribution >= 0.6 is 23.4 Å². The van der Waals surface area contributed by atoms with Crippen LogP contribution in [0.4, 0.5) is 0 Å². The van der Waals surface area contributed by atoms with E-state index in [0.29, 0.717) is 15.9 Å². The van der Waals surface area contributed by atoms with Gasteiger partial charge in [0, 0.05) is 5.02 Å². The van der Waals surface area contributed by atoms with Crippen molar-refractivity contribution in [2.45, 2.75) is 24.9 Å². The lowest BCUT2D eigenvalue weighted by Gasteiger charge is -2.04. The van der Waals surface area contributed by atoms with Gasteiger partial charge >= 0.3 is 11.4 Å². The third kappa shape index (κ3) is 5.32. The van der Waals surface area contributed by atoms with Gasteiger partial charge in [-0.05, 0) is 43.5 Å². The summed E-state index contributed by atoms with van der Waals surface area (Å²) in [5.74, 6) is 0. The third-order valence-corrected chi connectivity index (χ3v) is 3.47. The summed E-state index contributed by atoms with van der Waals surface area (Å²) in [5, 5.41) is 0.831. The molecule has 0 unspecified atom stereocenters. The van der Waals surface area contributed by atoms with Gasteiger partial charge in [0.2, 0.25) is 0 Å². The molecule has 2 rings (SSSR count). The Hall–Kier alpha value is -1.57. The predicted molar refractivity (Wildman–Crippen MR) is 91.2 cm³/mol. The lowest BCUT2D eigenvalue weighted by molar-refractivity contribution is 0.743. The molecule has 0 bridgehead atoms. The normalized spacial score (nSPS) is 10.0. The molecular formula is C14H19ClN4O2S. The second kappa shape index (κ2) is 9.45. The molecular weight excluding hydrogens is 324 g/mol. The standard InChI is InChI=1S/C10H8ClN3O2S.C4H11N/c1-17-8-12-9(15)14(10(16)13-8)7-4-2-6(11)3-5-7;1-2-3-4-5/h2-5H,1H3,(H,12,13,15,16);2-5H2,1H3. The second-order valence-corrected chi connectivity index (χ2v) is 5.52. The van der Waals surface area contributed by atoms with Gasteiger partial charge in [-0.25, -0.2) is 14.2 Å². The first-order chi connectivity index (χ1) is 10.5. The number of nitrogens with one attached hydrogen (secondary N) is 1. The number of hydrogen-bond acceptors (Lipinski definition) is 5. The molecule has 1 aromatic heterocycles. The van der Waals surface area contributed by atoms with E-state index in [1.807, 2.05) is 0 Å². The third-order valence-electron chi connectivity index (χ3n) is 2.64. The van der Waals surface area contributed by atoms with Crippen LogP contribution in [0.1, 0.15) is 19.8 Å². The Morgan fingerprint density at radius 3 is 2.36 bits per heavy atom. The van der Waals surface area contributed by atoms with Crippen LogP contribution in [-0.2, 0) is 0 Å². The van der Waals surface area contributed by atoms with Crippen molar-refractivity contribution in [1.29, 1.82) is 0 Å². The summed E-state index contributed by atoms with van der Waals surface area (Å²) in [6.07, 6.45) is 4.11. The maximum atomic E-state index is 11.7. The highest BCUT2D eigenvalue weighted by Gasteiger charge is 2.07. The fourth-order valence-corrected chi connectivity index (χ4v) is 2.00. The SMILES string of the molecule is CCCCN.CSc1nc(=O)n(-c2ccc(Cl)cc2)c(=O)[nH]1. The molecule has 8 heteroatoms. The van der Waals surface area contributed by atoms with E-state index in [4.69, 9.17) is 17.3 Å². The number of hydrogen-bond donors (Lipinski definition) is 2.